The Morgan fingerprint density at radius 1 is 1.43 bits per heavy atom. The Morgan fingerprint density at radius 3 is 2.83 bits per heavy atom. The zero-order valence-electron chi connectivity index (χ0n) is 11.7. The van der Waals surface area contributed by atoms with Gasteiger partial charge in [0.1, 0.15) is 5.52 Å². The second-order valence-electron chi connectivity index (χ2n) is 4.72. The summed E-state index contributed by atoms with van der Waals surface area (Å²) in [5, 5.41) is 11.8. The molecular weight excluding hydrogens is 337 g/mol. The third-order valence-corrected chi connectivity index (χ3v) is 3.48. The number of aliphatic hydroxyl groups excluding tert-OH is 1. The average Bonchev–Trinajstić information content (AvgIpc) is 2.86. The van der Waals surface area contributed by atoms with E-state index in [9.17, 15) is 13.6 Å². The summed E-state index contributed by atoms with van der Waals surface area (Å²) in [7, 11) is -3.21. The van der Waals surface area contributed by atoms with Gasteiger partial charge in [-0.25, -0.2) is 9.51 Å². The van der Waals surface area contributed by atoms with E-state index in [1.54, 1.807) is 0 Å². The topological polar surface area (TPSA) is 143 Å². The zero-order chi connectivity index (χ0) is 17.0. The van der Waals surface area contributed by atoms with Crippen molar-refractivity contribution in [2.75, 3.05) is 6.61 Å². The normalized spacial score (nSPS) is 13.8. The lowest BCUT2D eigenvalue weighted by atomic mass is 10.2. The van der Waals surface area contributed by atoms with Crippen molar-refractivity contribution in [2.45, 2.75) is 25.1 Å². The van der Waals surface area contributed by atoms with E-state index < -0.39 is 33.8 Å². The van der Waals surface area contributed by atoms with Gasteiger partial charge in [0.25, 0.3) is 5.56 Å². The molecule has 0 radical (unpaired) electrons. The fourth-order valence-corrected chi connectivity index (χ4v) is 2.35. The second kappa shape index (κ2) is 7.39. The molecule has 0 aliphatic rings. The fourth-order valence-electron chi connectivity index (χ4n) is 2.04. The van der Waals surface area contributed by atoms with Crippen LogP contribution < -0.4 is 10.9 Å². The molecule has 1 atom stereocenters. The van der Waals surface area contributed by atoms with Gasteiger partial charge in [0, 0.05) is 24.3 Å². The number of H-pyrrole nitrogens is 2. The van der Waals surface area contributed by atoms with Crippen molar-refractivity contribution >= 4 is 19.6 Å². The third-order valence-electron chi connectivity index (χ3n) is 3.05. The van der Waals surface area contributed by atoms with Gasteiger partial charge in [-0.05, 0) is 0 Å². The first-order valence-corrected chi connectivity index (χ1v) is 7.61. The number of alkyl halides is 2. The highest BCUT2D eigenvalue weighted by Gasteiger charge is 2.36. The van der Waals surface area contributed by atoms with E-state index >= 15 is 0 Å². The first-order chi connectivity index (χ1) is 10.8. The summed E-state index contributed by atoms with van der Waals surface area (Å²) >= 11 is 0. The van der Waals surface area contributed by atoms with E-state index in [4.69, 9.17) is 14.9 Å². The van der Waals surface area contributed by atoms with Crippen LogP contribution in [0.1, 0.15) is 12.0 Å². The molecule has 0 unspecified atom stereocenters. The summed E-state index contributed by atoms with van der Waals surface area (Å²) in [6.45, 7) is -0.561. The Kier molecular flexibility index (Phi) is 5.74. The van der Waals surface area contributed by atoms with Gasteiger partial charge in [-0.2, -0.15) is 8.78 Å². The highest BCUT2D eigenvalue weighted by molar-refractivity contribution is 7.39. The fraction of sp³-hybridized carbons (Fsp3) is 0.455. The molecule has 0 saturated carbocycles. The molecule has 2 aromatic heterocycles. The predicted octanol–water partition coefficient (Wildman–Crippen LogP) is -0.0873. The van der Waals surface area contributed by atoms with Gasteiger partial charge in [-0.1, -0.05) is 0 Å². The summed E-state index contributed by atoms with van der Waals surface area (Å²) < 4.78 is 30.4. The molecule has 12 heteroatoms. The van der Waals surface area contributed by atoms with Crippen molar-refractivity contribution in [3.8, 4) is 0 Å². The Balaban J connectivity index is 2.02. The molecule has 0 spiro atoms. The van der Waals surface area contributed by atoms with Crippen LogP contribution >= 0.6 is 8.60 Å². The average molecular weight is 352 g/mol. The Bertz CT molecular complexity index is 707. The molecular formula is C11H15F2N4O5P. The van der Waals surface area contributed by atoms with Crippen LogP contribution in [0.2, 0.25) is 0 Å². The minimum atomic E-state index is -3.80. The molecule has 2 rings (SSSR count). The highest BCUT2D eigenvalue weighted by Crippen LogP contribution is 2.37. The Morgan fingerprint density at radius 2 is 2.17 bits per heavy atom. The monoisotopic (exact) mass is 352 g/mol. The van der Waals surface area contributed by atoms with Crippen molar-refractivity contribution in [3.63, 3.8) is 0 Å². The Labute approximate surface area is 129 Å². The van der Waals surface area contributed by atoms with Crippen LogP contribution in [0.5, 0.6) is 0 Å². The maximum Gasteiger partial charge on any atom is 0.363 e. The van der Waals surface area contributed by atoms with Crippen molar-refractivity contribution in [3.05, 3.63) is 28.4 Å². The van der Waals surface area contributed by atoms with Gasteiger partial charge < -0.3 is 30.2 Å². The van der Waals surface area contributed by atoms with Gasteiger partial charge in [0.15, 0.2) is 0 Å². The number of aromatic amines is 2. The lowest BCUT2D eigenvalue weighted by Gasteiger charge is -2.22. The summed E-state index contributed by atoms with van der Waals surface area (Å²) in [5.74, 6) is 0. The molecule has 6 N–H and O–H groups in total. The molecule has 0 saturated heterocycles. The van der Waals surface area contributed by atoms with E-state index in [1.165, 1.54) is 12.5 Å². The predicted molar refractivity (Wildman–Crippen MR) is 76.4 cm³/mol. The molecule has 0 bridgehead atoms. The summed E-state index contributed by atoms with van der Waals surface area (Å²) in [5.41, 5.74) is 0.833. The molecule has 9 nitrogen and oxygen atoms in total. The van der Waals surface area contributed by atoms with Crippen LogP contribution in [0.15, 0.2) is 17.3 Å². The minimum Gasteiger partial charge on any atom is -0.395 e. The highest BCUT2D eigenvalue weighted by atomic mass is 31.2. The number of nitrogens with zero attached hydrogens (tertiary/aromatic N) is 1. The lowest BCUT2D eigenvalue weighted by Crippen LogP contribution is -2.38. The van der Waals surface area contributed by atoms with Gasteiger partial charge in [0.05, 0.1) is 24.9 Å². The first-order valence-electron chi connectivity index (χ1n) is 6.45. The summed E-state index contributed by atoms with van der Waals surface area (Å²) in [4.78, 5) is 37.6. The number of halogens is 2. The van der Waals surface area contributed by atoms with Gasteiger partial charge >= 0.3 is 14.7 Å². The number of rotatable bonds is 8. The summed E-state index contributed by atoms with van der Waals surface area (Å²) in [6.07, 6.45) is -2.03. The molecule has 2 aromatic rings. The number of aliphatic hydroxyl groups is 1. The molecule has 128 valence electrons. The molecule has 2 heterocycles. The maximum absolute atomic E-state index is 13.3. The minimum absolute atomic E-state index is 0.0603. The van der Waals surface area contributed by atoms with Crippen LogP contribution in [0.4, 0.5) is 8.78 Å². The van der Waals surface area contributed by atoms with Crippen molar-refractivity contribution in [2.24, 2.45) is 0 Å². The van der Waals surface area contributed by atoms with E-state index in [0.29, 0.717) is 11.1 Å². The van der Waals surface area contributed by atoms with Gasteiger partial charge in [-0.15, -0.1) is 0 Å². The number of fused-ring (bicyclic) bond motifs is 1. The van der Waals surface area contributed by atoms with Crippen molar-refractivity contribution in [1.82, 2.24) is 20.3 Å². The van der Waals surface area contributed by atoms with Gasteiger partial charge in [0.2, 0.25) is 0 Å². The SMILES string of the molecule is O=c1[nH]cnc2c(CN[C@H](CO)CC(F)(F)OP(O)O)c[nH]c12. The number of aromatic nitrogens is 3. The number of hydrogen-bond acceptors (Lipinski definition) is 7. The molecule has 0 amide bonds. The number of nitrogens with one attached hydrogen (secondary N) is 3. The van der Waals surface area contributed by atoms with E-state index in [2.05, 4.69) is 24.8 Å². The van der Waals surface area contributed by atoms with Crippen molar-refractivity contribution in [1.29, 1.82) is 0 Å². The lowest BCUT2D eigenvalue weighted by molar-refractivity contribution is -0.190. The molecule has 0 fully saturated rings. The maximum atomic E-state index is 13.3. The molecule has 23 heavy (non-hydrogen) atoms. The van der Waals surface area contributed by atoms with Gasteiger partial charge in [-0.3, -0.25) is 4.79 Å². The van der Waals surface area contributed by atoms with Crippen LogP contribution in [-0.4, -0.2) is 48.6 Å². The van der Waals surface area contributed by atoms with E-state index in [-0.39, 0.29) is 17.6 Å². The van der Waals surface area contributed by atoms with Crippen LogP contribution in [0, 0.1) is 0 Å². The van der Waals surface area contributed by atoms with Crippen LogP contribution in [0.25, 0.3) is 11.0 Å². The zero-order valence-corrected chi connectivity index (χ0v) is 12.6. The third kappa shape index (κ3) is 4.74. The second-order valence-corrected chi connectivity index (χ2v) is 5.40. The first kappa shape index (κ1) is 17.9. The Hall–Kier alpha value is -1.49. The number of hydrogen-bond donors (Lipinski definition) is 6. The quantitative estimate of drug-likeness (QED) is 0.365. The van der Waals surface area contributed by atoms with Crippen LogP contribution in [-0.2, 0) is 11.1 Å². The largest absolute Gasteiger partial charge is 0.395 e. The van der Waals surface area contributed by atoms with E-state index in [0.717, 1.165) is 0 Å². The molecule has 0 aromatic carbocycles. The molecule has 0 aliphatic heterocycles. The summed E-state index contributed by atoms with van der Waals surface area (Å²) in [6, 6.07) is -1.06. The standard InChI is InChI=1S/C11H15F2N4O5P/c12-11(13,22-23(20)21)1-7(4-18)14-2-6-3-15-9-8(6)16-5-17-10(9)19/h3,5,7,14-15,18,20-21H,1-2,4H2,(H,16,17,19)/t7-/m0/s1. The smallest absolute Gasteiger partial charge is 0.363 e. The van der Waals surface area contributed by atoms with E-state index in [1.807, 2.05) is 0 Å². The molecule has 0 aliphatic carbocycles. The van der Waals surface area contributed by atoms with Crippen molar-refractivity contribution < 1.29 is 28.2 Å². The van der Waals surface area contributed by atoms with Crippen LogP contribution in [0.3, 0.4) is 0 Å².